The van der Waals surface area contributed by atoms with Crippen molar-refractivity contribution >= 4 is 5.96 Å². The van der Waals surface area contributed by atoms with Crippen LogP contribution in [0.1, 0.15) is 29.8 Å². The summed E-state index contributed by atoms with van der Waals surface area (Å²) in [4.78, 5) is 11.1. The molecule has 0 spiro atoms. The minimum atomic E-state index is 0.384. The van der Waals surface area contributed by atoms with Crippen molar-refractivity contribution in [1.82, 2.24) is 20.4 Å². The number of hydrogen-bond donors (Lipinski definition) is 1. The first kappa shape index (κ1) is 18.0. The van der Waals surface area contributed by atoms with Gasteiger partial charge in [-0.25, -0.2) is 4.99 Å². The average molecular weight is 359 g/mol. The minimum absolute atomic E-state index is 0.384. The maximum Gasteiger partial charge on any atom is 0.223 e. The summed E-state index contributed by atoms with van der Waals surface area (Å²) in [6.07, 6.45) is 0.918. The quantitative estimate of drug-likeness (QED) is 0.645. The summed E-state index contributed by atoms with van der Waals surface area (Å²) in [6, 6.07) is 4.12. The van der Waals surface area contributed by atoms with Crippen LogP contribution in [-0.4, -0.2) is 48.3 Å². The number of ether oxygens (including phenoxy) is 2. The number of nitrogens with one attached hydrogen (secondary N) is 1. The van der Waals surface area contributed by atoms with Crippen LogP contribution in [0.2, 0.25) is 0 Å². The lowest BCUT2D eigenvalue weighted by Gasteiger charge is -2.32. The lowest BCUT2D eigenvalue weighted by molar-refractivity contribution is 0.345. The van der Waals surface area contributed by atoms with Crippen molar-refractivity contribution in [3.05, 3.63) is 35.0 Å². The summed E-state index contributed by atoms with van der Waals surface area (Å²) in [5, 5.41) is 7.25. The van der Waals surface area contributed by atoms with Crippen LogP contribution in [0.4, 0.5) is 0 Å². The molecule has 140 valence electrons. The summed E-state index contributed by atoms with van der Waals surface area (Å²) < 4.78 is 15.9. The predicted octanol–water partition coefficient (Wildman–Crippen LogP) is 1.92. The number of methoxy groups -OCH3 is 2. The van der Waals surface area contributed by atoms with Gasteiger partial charge in [0.2, 0.25) is 5.89 Å². The van der Waals surface area contributed by atoms with E-state index < -0.39 is 0 Å². The van der Waals surface area contributed by atoms with E-state index in [4.69, 9.17) is 14.0 Å². The van der Waals surface area contributed by atoms with Crippen LogP contribution >= 0.6 is 0 Å². The first-order chi connectivity index (χ1) is 12.6. The monoisotopic (exact) mass is 359 g/mol. The molecule has 26 heavy (non-hydrogen) atoms. The molecule has 1 aliphatic heterocycles. The van der Waals surface area contributed by atoms with Gasteiger partial charge in [0.05, 0.1) is 14.2 Å². The van der Waals surface area contributed by atoms with Crippen molar-refractivity contribution in [2.75, 3.05) is 27.3 Å². The molecule has 0 atom stereocenters. The summed E-state index contributed by atoms with van der Waals surface area (Å²) in [6.45, 7) is 6.63. The third kappa shape index (κ3) is 3.89. The van der Waals surface area contributed by atoms with Crippen molar-refractivity contribution in [3.63, 3.8) is 0 Å². The Balaban J connectivity index is 1.79. The van der Waals surface area contributed by atoms with Gasteiger partial charge in [0.1, 0.15) is 6.54 Å². The third-order valence-corrected chi connectivity index (χ3v) is 4.29. The molecule has 8 heteroatoms. The Morgan fingerprint density at radius 1 is 1.27 bits per heavy atom. The summed E-state index contributed by atoms with van der Waals surface area (Å²) in [5.41, 5.74) is 2.50. The maximum absolute atomic E-state index is 5.44. The van der Waals surface area contributed by atoms with Crippen LogP contribution in [0.3, 0.4) is 0 Å². The molecule has 1 aliphatic rings. The van der Waals surface area contributed by atoms with E-state index in [-0.39, 0.29) is 0 Å². The van der Waals surface area contributed by atoms with E-state index in [2.05, 4.69) is 38.3 Å². The number of benzene rings is 1. The number of nitrogens with zero attached hydrogens (tertiary/aromatic N) is 4. The highest BCUT2D eigenvalue weighted by Crippen LogP contribution is 2.33. The highest BCUT2D eigenvalue weighted by atomic mass is 16.5. The van der Waals surface area contributed by atoms with Crippen molar-refractivity contribution in [1.29, 1.82) is 0 Å². The van der Waals surface area contributed by atoms with E-state index in [1.807, 2.05) is 6.07 Å². The van der Waals surface area contributed by atoms with Crippen LogP contribution < -0.4 is 14.8 Å². The van der Waals surface area contributed by atoms with Gasteiger partial charge in [0.15, 0.2) is 23.3 Å². The molecule has 1 aromatic carbocycles. The Morgan fingerprint density at radius 3 is 2.62 bits per heavy atom. The Bertz CT molecular complexity index is 787. The van der Waals surface area contributed by atoms with Crippen LogP contribution in [0.5, 0.6) is 11.5 Å². The van der Waals surface area contributed by atoms with Crippen molar-refractivity contribution in [2.45, 2.75) is 33.4 Å². The molecule has 1 aromatic heterocycles. The zero-order chi connectivity index (χ0) is 18.5. The second-order valence-electron chi connectivity index (χ2n) is 6.05. The molecule has 0 radical (unpaired) electrons. The lowest BCUT2D eigenvalue weighted by Crippen LogP contribution is -2.44. The van der Waals surface area contributed by atoms with E-state index in [9.17, 15) is 0 Å². The molecule has 0 bridgehead atoms. The molecule has 2 aromatic rings. The molecule has 1 N–H and O–H groups in total. The second kappa shape index (κ2) is 8.07. The number of rotatable bonds is 5. The number of aliphatic imine (C=N–C) groups is 1. The molecule has 0 saturated heterocycles. The first-order valence-electron chi connectivity index (χ1n) is 8.70. The SMILES string of the molecule is CCNC(=NCc1noc(C)n1)N1CCc2cc(OC)c(OC)cc2C1. The smallest absolute Gasteiger partial charge is 0.223 e. The largest absolute Gasteiger partial charge is 0.493 e. The van der Waals surface area contributed by atoms with E-state index in [0.29, 0.717) is 18.3 Å². The Labute approximate surface area is 153 Å². The van der Waals surface area contributed by atoms with Crippen LogP contribution in [0.25, 0.3) is 0 Å². The summed E-state index contributed by atoms with van der Waals surface area (Å²) >= 11 is 0. The highest BCUT2D eigenvalue weighted by molar-refractivity contribution is 5.80. The van der Waals surface area contributed by atoms with Crippen molar-refractivity contribution in [2.24, 2.45) is 4.99 Å². The molecular formula is C18H25N5O3. The van der Waals surface area contributed by atoms with Crippen molar-refractivity contribution < 1.29 is 14.0 Å². The standard InChI is InChI=1S/C18H25N5O3/c1-5-19-18(20-10-17-21-12(2)26-22-17)23-7-6-13-8-15(24-3)16(25-4)9-14(13)11-23/h8-9H,5-7,10-11H2,1-4H3,(H,19,20). The fourth-order valence-corrected chi connectivity index (χ4v) is 3.04. The fourth-order valence-electron chi connectivity index (χ4n) is 3.04. The zero-order valence-electron chi connectivity index (χ0n) is 15.7. The molecule has 0 fully saturated rings. The molecule has 0 amide bonds. The van der Waals surface area contributed by atoms with E-state index in [0.717, 1.165) is 43.5 Å². The van der Waals surface area contributed by atoms with Gasteiger partial charge in [-0.2, -0.15) is 4.98 Å². The van der Waals surface area contributed by atoms with Crippen molar-refractivity contribution in [3.8, 4) is 11.5 Å². The number of hydrogen-bond acceptors (Lipinski definition) is 6. The summed E-state index contributed by atoms with van der Waals surface area (Å²) in [5.74, 6) is 3.50. The van der Waals surface area contributed by atoms with Gasteiger partial charge in [0, 0.05) is 26.6 Å². The number of aryl methyl sites for hydroxylation is 1. The topological polar surface area (TPSA) is 85.0 Å². The molecule has 0 unspecified atom stereocenters. The van der Waals surface area contributed by atoms with Gasteiger partial charge >= 0.3 is 0 Å². The Morgan fingerprint density at radius 2 is 2.00 bits per heavy atom. The Hall–Kier alpha value is -2.77. The minimum Gasteiger partial charge on any atom is -0.493 e. The lowest BCUT2D eigenvalue weighted by atomic mass is 9.99. The van der Waals surface area contributed by atoms with E-state index >= 15 is 0 Å². The summed E-state index contributed by atoms with van der Waals surface area (Å²) in [7, 11) is 3.32. The van der Waals surface area contributed by atoms with Gasteiger partial charge in [-0.1, -0.05) is 5.16 Å². The number of fused-ring (bicyclic) bond motifs is 1. The third-order valence-electron chi connectivity index (χ3n) is 4.29. The molecular weight excluding hydrogens is 334 g/mol. The average Bonchev–Trinajstić information content (AvgIpc) is 3.08. The van der Waals surface area contributed by atoms with Gasteiger partial charge in [-0.3, -0.25) is 0 Å². The van der Waals surface area contributed by atoms with Crippen LogP contribution in [-0.2, 0) is 19.5 Å². The zero-order valence-corrected chi connectivity index (χ0v) is 15.7. The molecule has 3 rings (SSSR count). The van der Waals surface area contributed by atoms with E-state index in [1.165, 1.54) is 11.1 Å². The fraction of sp³-hybridized carbons (Fsp3) is 0.500. The molecule has 0 saturated carbocycles. The predicted molar refractivity (Wildman–Crippen MR) is 97.5 cm³/mol. The van der Waals surface area contributed by atoms with E-state index in [1.54, 1.807) is 21.1 Å². The number of guanidine groups is 1. The molecule has 0 aliphatic carbocycles. The van der Waals surface area contributed by atoms with Gasteiger partial charge < -0.3 is 24.2 Å². The van der Waals surface area contributed by atoms with Gasteiger partial charge in [0.25, 0.3) is 0 Å². The van der Waals surface area contributed by atoms with Crippen LogP contribution in [0, 0.1) is 6.92 Å². The van der Waals surface area contributed by atoms with Crippen LogP contribution in [0.15, 0.2) is 21.6 Å². The highest BCUT2D eigenvalue weighted by Gasteiger charge is 2.21. The Kier molecular flexibility index (Phi) is 5.60. The maximum atomic E-state index is 5.44. The molecule has 8 nitrogen and oxygen atoms in total. The normalized spacial score (nSPS) is 14.2. The first-order valence-corrected chi connectivity index (χ1v) is 8.70. The van der Waals surface area contributed by atoms with Gasteiger partial charge in [-0.15, -0.1) is 0 Å². The second-order valence-corrected chi connectivity index (χ2v) is 6.05. The molecule has 2 heterocycles. The van der Waals surface area contributed by atoms with Gasteiger partial charge in [-0.05, 0) is 36.6 Å². The number of aromatic nitrogens is 2.